The smallest absolute Gasteiger partial charge is 0.336 e. The molecule has 0 radical (unpaired) electrons. The molecule has 16 heavy (non-hydrogen) atoms. The lowest BCUT2D eigenvalue weighted by Crippen LogP contribution is -2.01. The largest absolute Gasteiger partial charge is 0.478 e. The maximum Gasteiger partial charge on any atom is 0.336 e. The molecule has 0 bridgehead atoms. The van der Waals surface area contributed by atoms with E-state index in [0.29, 0.717) is 16.8 Å². The predicted molar refractivity (Wildman–Crippen MR) is 61.0 cm³/mol. The molecule has 0 unspecified atom stereocenters. The standard InChI is InChI=1S/C12H10N2O2/c13-11-4-2-1-3-8(11)10-7-14-6-5-9(10)12(15)16/h1-7H,13H2,(H,15,16). The Balaban J connectivity index is 2.65. The molecule has 0 aliphatic heterocycles. The molecule has 2 aromatic rings. The number of aromatic nitrogens is 1. The molecule has 4 heteroatoms. The van der Waals surface area contributed by atoms with Gasteiger partial charge in [0.25, 0.3) is 0 Å². The Hall–Kier alpha value is -2.36. The first-order valence-corrected chi connectivity index (χ1v) is 4.72. The molecule has 0 spiro atoms. The zero-order chi connectivity index (χ0) is 11.5. The van der Waals surface area contributed by atoms with Crippen molar-refractivity contribution >= 4 is 11.7 Å². The Morgan fingerprint density at radius 2 is 1.94 bits per heavy atom. The zero-order valence-corrected chi connectivity index (χ0v) is 8.42. The summed E-state index contributed by atoms with van der Waals surface area (Å²) in [5.74, 6) is -0.986. The molecule has 80 valence electrons. The number of para-hydroxylation sites is 1. The second-order valence-electron chi connectivity index (χ2n) is 3.31. The number of carboxylic acids is 1. The molecule has 2 rings (SSSR count). The first kappa shape index (κ1) is 10.2. The Labute approximate surface area is 92.4 Å². The van der Waals surface area contributed by atoms with E-state index in [-0.39, 0.29) is 5.56 Å². The average molecular weight is 214 g/mol. The molecular weight excluding hydrogens is 204 g/mol. The fraction of sp³-hybridized carbons (Fsp3) is 0. The van der Waals surface area contributed by atoms with Crippen LogP contribution in [0.5, 0.6) is 0 Å². The van der Waals surface area contributed by atoms with Crippen molar-refractivity contribution in [2.24, 2.45) is 0 Å². The molecule has 1 heterocycles. The van der Waals surface area contributed by atoms with Crippen LogP contribution in [0.25, 0.3) is 11.1 Å². The van der Waals surface area contributed by atoms with Gasteiger partial charge in [-0.05, 0) is 12.1 Å². The Kier molecular flexibility index (Phi) is 2.55. The highest BCUT2D eigenvalue weighted by molar-refractivity contribution is 5.97. The van der Waals surface area contributed by atoms with Gasteiger partial charge in [-0.2, -0.15) is 0 Å². The maximum absolute atomic E-state index is 11.0. The van der Waals surface area contributed by atoms with Crippen LogP contribution in [-0.4, -0.2) is 16.1 Å². The fourth-order valence-corrected chi connectivity index (χ4v) is 1.54. The second kappa shape index (κ2) is 4.02. The fourth-order valence-electron chi connectivity index (χ4n) is 1.54. The van der Waals surface area contributed by atoms with E-state index >= 15 is 0 Å². The van der Waals surface area contributed by atoms with Gasteiger partial charge in [0.15, 0.2) is 0 Å². The van der Waals surface area contributed by atoms with E-state index in [2.05, 4.69) is 4.98 Å². The molecule has 3 N–H and O–H groups in total. The molecule has 0 amide bonds. The second-order valence-corrected chi connectivity index (χ2v) is 3.31. The van der Waals surface area contributed by atoms with Crippen LogP contribution in [0.4, 0.5) is 5.69 Å². The van der Waals surface area contributed by atoms with Crippen molar-refractivity contribution in [2.75, 3.05) is 5.73 Å². The van der Waals surface area contributed by atoms with Gasteiger partial charge in [-0.3, -0.25) is 4.98 Å². The Morgan fingerprint density at radius 1 is 1.19 bits per heavy atom. The first-order valence-electron chi connectivity index (χ1n) is 4.72. The number of nitrogen functional groups attached to an aromatic ring is 1. The van der Waals surface area contributed by atoms with Gasteiger partial charge in [-0.15, -0.1) is 0 Å². The van der Waals surface area contributed by atoms with Gasteiger partial charge in [0.1, 0.15) is 0 Å². The predicted octanol–water partition coefficient (Wildman–Crippen LogP) is 2.03. The molecule has 0 saturated carbocycles. The zero-order valence-electron chi connectivity index (χ0n) is 8.42. The van der Waals surface area contributed by atoms with Gasteiger partial charge in [-0.1, -0.05) is 18.2 Å². The minimum Gasteiger partial charge on any atom is -0.478 e. The molecule has 0 saturated heterocycles. The summed E-state index contributed by atoms with van der Waals surface area (Å²) in [6.07, 6.45) is 2.96. The number of aromatic carboxylic acids is 1. The molecule has 1 aromatic carbocycles. The maximum atomic E-state index is 11.0. The molecule has 0 atom stereocenters. The highest BCUT2D eigenvalue weighted by Crippen LogP contribution is 2.27. The first-order chi connectivity index (χ1) is 7.70. The molecule has 1 aromatic heterocycles. The third kappa shape index (κ3) is 1.72. The third-order valence-electron chi connectivity index (χ3n) is 2.30. The van der Waals surface area contributed by atoms with E-state index in [4.69, 9.17) is 10.8 Å². The van der Waals surface area contributed by atoms with Crippen LogP contribution in [0.3, 0.4) is 0 Å². The van der Waals surface area contributed by atoms with Crippen molar-refractivity contribution in [1.82, 2.24) is 4.98 Å². The average Bonchev–Trinajstić information content (AvgIpc) is 2.29. The number of nitrogens with two attached hydrogens (primary N) is 1. The van der Waals surface area contributed by atoms with Gasteiger partial charge in [-0.25, -0.2) is 4.79 Å². The van der Waals surface area contributed by atoms with Crippen LogP contribution in [-0.2, 0) is 0 Å². The normalized spacial score (nSPS) is 10.0. The molecule has 0 aliphatic rings. The Morgan fingerprint density at radius 3 is 2.62 bits per heavy atom. The number of nitrogens with zero attached hydrogens (tertiary/aromatic N) is 1. The number of benzene rings is 1. The lowest BCUT2D eigenvalue weighted by Gasteiger charge is -2.07. The molecular formula is C12H10N2O2. The quantitative estimate of drug-likeness (QED) is 0.750. The summed E-state index contributed by atoms with van der Waals surface area (Å²) in [6.45, 7) is 0. The summed E-state index contributed by atoms with van der Waals surface area (Å²) < 4.78 is 0. The lowest BCUT2D eigenvalue weighted by molar-refractivity contribution is 0.0697. The summed E-state index contributed by atoms with van der Waals surface area (Å²) in [5, 5.41) is 9.05. The van der Waals surface area contributed by atoms with Crippen LogP contribution in [0.2, 0.25) is 0 Å². The van der Waals surface area contributed by atoms with Crippen LogP contribution < -0.4 is 5.73 Å². The van der Waals surface area contributed by atoms with Crippen molar-refractivity contribution in [2.45, 2.75) is 0 Å². The van der Waals surface area contributed by atoms with Crippen LogP contribution in [0.1, 0.15) is 10.4 Å². The molecule has 4 nitrogen and oxygen atoms in total. The highest BCUT2D eigenvalue weighted by Gasteiger charge is 2.12. The van der Waals surface area contributed by atoms with Crippen LogP contribution >= 0.6 is 0 Å². The van der Waals surface area contributed by atoms with Crippen LogP contribution in [0, 0.1) is 0 Å². The summed E-state index contributed by atoms with van der Waals surface area (Å²) in [5.41, 5.74) is 7.77. The summed E-state index contributed by atoms with van der Waals surface area (Å²) in [6, 6.07) is 8.58. The number of hydrogen-bond acceptors (Lipinski definition) is 3. The summed E-state index contributed by atoms with van der Waals surface area (Å²) >= 11 is 0. The van der Waals surface area contributed by atoms with E-state index in [1.807, 2.05) is 6.07 Å². The highest BCUT2D eigenvalue weighted by atomic mass is 16.4. The van der Waals surface area contributed by atoms with Crippen molar-refractivity contribution in [3.63, 3.8) is 0 Å². The SMILES string of the molecule is Nc1ccccc1-c1cnccc1C(=O)O. The van der Waals surface area contributed by atoms with Crippen molar-refractivity contribution in [3.8, 4) is 11.1 Å². The number of carboxylic acid groups (broad SMARTS) is 1. The number of rotatable bonds is 2. The van der Waals surface area contributed by atoms with E-state index in [1.165, 1.54) is 18.5 Å². The van der Waals surface area contributed by atoms with Gasteiger partial charge in [0.05, 0.1) is 5.56 Å². The van der Waals surface area contributed by atoms with Crippen LogP contribution in [0.15, 0.2) is 42.7 Å². The molecule has 0 aliphatic carbocycles. The van der Waals surface area contributed by atoms with E-state index < -0.39 is 5.97 Å². The third-order valence-corrected chi connectivity index (χ3v) is 2.30. The topological polar surface area (TPSA) is 76.2 Å². The number of hydrogen-bond donors (Lipinski definition) is 2. The van der Waals surface area contributed by atoms with E-state index in [9.17, 15) is 4.79 Å². The van der Waals surface area contributed by atoms with E-state index in [0.717, 1.165) is 0 Å². The van der Waals surface area contributed by atoms with Gasteiger partial charge in [0.2, 0.25) is 0 Å². The van der Waals surface area contributed by atoms with Gasteiger partial charge < -0.3 is 10.8 Å². The van der Waals surface area contributed by atoms with Gasteiger partial charge >= 0.3 is 5.97 Å². The van der Waals surface area contributed by atoms with Crippen molar-refractivity contribution in [1.29, 1.82) is 0 Å². The van der Waals surface area contributed by atoms with Crippen molar-refractivity contribution < 1.29 is 9.90 Å². The summed E-state index contributed by atoms with van der Waals surface area (Å²) in [4.78, 5) is 15.0. The minimum atomic E-state index is -0.986. The number of pyridine rings is 1. The number of anilines is 1. The van der Waals surface area contributed by atoms with Gasteiger partial charge in [0, 0.05) is 29.2 Å². The van der Waals surface area contributed by atoms with Crippen molar-refractivity contribution in [3.05, 3.63) is 48.3 Å². The Bertz CT molecular complexity index is 538. The number of carbonyl (C=O) groups is 1. The molecule has 0 fully saturated rings. The lowest BCUT2D eigenvalue weighted by atomic mass is 10.0. The van der Waals surface area contributed by atoms with E-state index in [1.54, 1.807) is 18.2 Å². The minimum absolute atomic E-state index is 0.202. The summed E-state index contributed by atoms with van der Waals surface area (Å²) in [7, 11) is 0. The monoisotopic (exact) mass is 214 g/mol.